The first-order valence-corrected chi connectivity index (χ1v) is 8.17. The summed E-state index contributed by atoms with van der Waals surface area (Å²) in [7, 11) is 0. The fourth-order valence-corrected chi connectivity index (χ4v) is 3.48. The first-order valence-electron chi connectivity index (χ1n) is 8.17. The maximum absolute atomic E-state index is 12.1. The van der Waals surface area contributed by atoms with Gasteiger partial charge in [0.25, 0.3) is 0 Å². The number of nitrogens with zero attached hydrogens (tertiary/aromatic N) is 3. The molecule has 1 aromatic heterocycles. The van der Waals surface area contributed by atoms with E-state index in [1.54, 1.807) is 0 Å². The van der Waals surface area contributed by atoms with Crippen molar-refractivity contribution in [1.82, 2.24) is 20.1 Å². The van der Waals surface area contributed by atoms with Gasteiger partial charge in [0.15, 0.2) is 5.82 Å². The lowest BCUT2D eigenvalue weighted by atomic mass is 10.00. The summed E-state index contributed by atoms with van der Waals surface area (Å²) in [5.41, 5.74) is 6.02. The Morgan fingerprint density at radius 3 is 2.95 bits per heavy atom. The smallest absolute Gasteiger partial charge is 0.220 e. The van der Waals surface area contributed by atoms with Crippen LogP contribution in [0.15, 0.2) is 0 Å². The van der Waals surface area contributed by atoms with Gasteiger partial charge < -0.3 is 15.6 Å². The highest BCUT2D eigenvalue weighted by Crippen LogP contribution is 2.26. The van der Waals surface area contributed by atoms with Crippen LogP contribution in [-0.4, -0.2) is 26.7 Å². The summed E-state index contributed by atoms with van der Waals surface area (Å²) in [5.74, 6) is 2.38. The predicted octanol–water partition coefficient (Wildman–Crippen LogP) is 1.14. The first-order chi connectivity index (χ1) is 10.2. The third-order valence-corrected chi connectivity index (χ3v) is 4.80. The Hall–Kier alpha value is -1.43. The minimum Gasteiger partial charge on any atom is -0.349 e. The first kappa shape index (κ1) is 14.5. The molecule has 0 radical (unpaired) electrons. The molecule has 2 heterocycles. The molecule has 116 valence electrons. The van der Waals surface area contributed by atoms with Crippen molar-refractivity contribution in [3.05, 3.63) is 11.6 Å². The van der Waals surface area contributed by atoms with Crippen LogP contribution in [0, 0.1) is 5.92 Å². The number of rotatable bonds is 4. The van der Waals surface area contributed by atoms with E-state index >= 15 is 0 Å². The van der Waals surface area contributed by atoms with Gasteiger partial charge in [0.05, 0.1) is 6.54 Å². The van der Waals surface area contributed by atoms with Crippen molar-refractivity contribution < 1.29 is 4.79 Å². The van der Waals surface area contributed by atoms with Gasteiger partial charge in [-0.05, 0) is 31.6 Å². The molecule has 6 heteroatoms. The monoisotopic (exact) mass is 291 g/mol. The number of hydrogen-bond acceptors (Lipinski definition) is 4. The van der Waals surface area contributed by atoms with Crippen LogP contribution < -0.4 is 11.1 Å². The molecule has 3 rings (SSSR count). The van der Waals surface area contributed by atoms with Crippen LogP contribution in [0.1, 0.15) is 56.6 Å². The van der Waals surface area contributed by atoms with Gasteiger partial charge in [0.2, 0.25) is 5.91 Å². The SMILES string of the molecule is N[C@@H]1CCC[C@H]1CC(=O)NCc1nnc2n1CCCCC2. The highest BCUT2D eigenvalue weighted by molar-refractivity contribution is 5.76. The second kappa shape index (κ2) is 6.56. The second-order valence-electron chi connectivity index (χ2n) is 6.33. The van der Waals surface area contributed by atoms with Crippen LogP contribution in [0.5, 0.6) is 0 Å². The van der Waals surface area contributed by atoms with Crippen molar-refractivity contribution >= 4 is 5.91 Å². The normalized spacial score (nSPS) is 25.4. The van der Waals surface area contributed by atoms with E-state index in [2.05, 4.69) is 20.1 Å². The molecule has 1 aliphatic carbocycles. The number of carbonyl (C=O) groups is 1. The third kappa shape index (κ3) is 3.43. The van der Waals surface area contributed by atoms with Crippen LogP contribution >= 0.6 is 0 Å². The molecular formula is C15H25N5O. The zero-order valence-electron chi connectivity index (χ0n) is 12.6. The topological polar surface area (TPSA) is 85.8 Å². The minimum atomic E-state index is 0.0864. The summed E-state index contributed by atoms with van der Waals surface area (Å²) in [6.07, 6.45) is 8.42. The fraction of sp³-hybridized carbons (Fsp3) is 0.800. The van der Waals surface area contributed by atoms with E-state index in [-0.39, 0.29) is 11.9 Å². The average molecular weight is 291 g/mol. The Balaban J connectivity index is 1.53. The standard InChI is InChI=1S/C15H25N5O/c16-12-6-4-5-11(12)9-15(21)17-10-14-19-18-13-7-2-1-3-8-20(13)14/h11-12H,1-10,16H2,(H,17,21)/t11-,12+/m0/s1. The van der Waals surface area contributed by atoms with E-state index in [0.29, 0.717) is 18.9 Å². The maximum atomic E-state index is 12.1. The molecule has 2 aliphatic rings. The minimum absolute atomic E-state index is 0.0864. The van der Waals surface area contributed by atoms with Crippen LogP contribution in [0.4, 0.5) is 0 Å². The molecule has 0 spiro atoms. The van der Waals surface area contributed by atoms with Crippen molar-refractivity contribution in [2.24, 2.45) is 11.7 Å². The number of nitrogens with two attached hydrogens (primary N) is 1. The maximum Gasteiger partial charge on any atom is 0.220 e. The number of nitrogens with one attached hydrogen (secondary N) is 1. The molecule has 0 unspecified atom stereocenters. The van der Waals surface area contributed by atoms with Crippen molar-refractivity contribution in [2.75, 3.05) is 0 Å². The van der Waals surface area contributed by atoms with Gasteiger partial charge in [-0.15, -0.1) is 10.2 Å². The Morgan fingerprint density at radius 1 is 1.24 bits per heavy atom. The lowest BCUT2D eigenvalue weighted by molar-refractivity contribution is -0.122. The molecule has 1 fully saturated rings. The van der Waals surface area contributed by atoms with E-state index in [4.69, 9.17) is 5.73 Å². The molecule has 0 aromatic carbocycles. The summed E-state index contributed by atoms with van der Waals surface area (Å²) < 4.78 is 2.18. The van der Waals surface area contributed by atoms with E-state index in [1.165, 1.54) is 19.3 Å². The molecule has 1 aliphatic heterocycles. The van der Waals surface area contributed by atoms with E-state index < -0.39 is 0 Å². The average Bonchev–Trinajstić information content (AvgIpc) is 2.96. The van der Waals surface area contributed by atoms with Gasteiger partial charge in [-0.2, -0.15) is 0 Å². The van der Waals surface area contributed by atoms with Crippen LogP contribution in [-0.2, 0) is 24.3 Å². The predicted molar refractivity (Wildman–Crippen MR) is 79.4 cm³/mol. The lowest BCUT2D eigenvalue weighted by Crippen LogP contribution is -2.32. The molecule has 0 saturated heterocycles. The number of hydrogen-bond donors (Lipinski definition) is 2. The van der Waals surface area contributed by atoms with Crippen molar-refractivity contribution in [2.45, 2.75) is 70.5 Å². The van der Waals surface area contributed by atoms with Gasteiger partial charge in [0, 0.05) is 25.4 Å². The molecule has 3 N–H and O–H groups in total. The number of amides is 1. The summed E-state index contributed by atoms with van der Waals surface area (Å²) in [4.78, 5) is 12.1. The van der Waals surface area contributed by atoms with E-state index in [0.717, 1.165) is 43.9 Å². The second-order valence-corrected chi connectivity index (χ2v) is 6.33. The molecule has 2 atom stereocenters. The Bertz CT molecular complexity index is 498. The zero-order chi connectivity index (χ0) is 14.7. The summed E-state index contributed by atoms with van der Waals surface area (Å²) in [5, 5.41) is 11.5. The molecule has 21 heavy (non-hydrogen) atoms. The zero-order valence-corrected chi connectivity index (χ0v) is 12.6. The molecule has 0 bridgehead atoms. The van der Waals surface area contributed by atoms with Gasteiger partial charge in [-0.3, -0.25) is 4.79 Å². The van der Waals surface area contributed by atoms with Gasteiger partial charge in [-0.1, -0.05) is 12.8 Å². The largest absolute Gasteiger partial charge is 0.349 e. The van der Waals surface area contributed by atoms with Gasteiger partial charge >= 0.3 is 0 Å². The number of aryl methyl sites for hydroxylation is 1. The van der Waals surface area contributed by atoms with Crippen LogP contribution in [0.2, 0.25) is 0 Å². The van der Waals surface area contributed by atoms with E-state index in [9.17, 15) is 4.79 Å². The molecular weight excluding hydrogens is 266 g/mol. The molecule has 1 amide bonds. The molecule has 1 saturated carbocycles. The highest BCUT2D eigenvalue weighted by Gasteiger charge is 2.26. The molecule has 1 aromatic rings. The third-order valence-electron chi connectivity index (χ3n) is 4.80. The van der Waals surface area contributed by atoms with Crippen LogP contribution in [0.3, 0.4) is 0 Å². The number of carbonyl (C=O) groups excluding carboxylic acids is 1. The van der Waals surface area contributed by atoms with Crippen LogP contribution in [0.25, 0.3) is 0 Å². The lowest BCUT2D eigenvalue weighted by Gasteiger charge is -2.14. The van der Waals surface area contributed by atoms with E-state index in [1.807, 2.05) is 0 Å². The highest BCUT2D eigenvalue weighted by atomic mass is 16.1. The Kier molecular flexibility index (Phi) is 4.53. The summed E-state index contributed by atoms with van der Waals surface area (Å²) in [6.45, 7) is 1.45. The van der Waals surface area contributed by atoms with Crippen molar-refractivity contribution in [3.63, 3.8) is 0 Å². The van der Waals surface area contributed by atoms with Gasteiger partial charge in [0.1, 0.15) is 5.82 Å². The Labute approximate surface area is 125 Å². The van der Waals surface area contributed by atoms with Gasteiger partial charge in [-0.25, -0.2) is 0 Å². The Morgan fingerprint density at radius 2 is 2.14 bits per heavy atom. The van der Waals surface area contributed by atoms with Crippen molar-refractivity contribution in [3.8, 4) is 0 Å². The summed E-state index contributed by atoms with van der Waals surface area (Å²) in [6, 6.07) is 0.195. The quantitative estimate of drug-likeness (QED) is 0.871. The summed E-state index contributed by atoms with van der Waals surface area (Å²) >= 11 is 0. The van der Waals surface area contributed by atoms with Crippen molar-refractivity contribution in [1.29, 1.82) is 0 Å². The number of aromatic nitrogens is 3. The number of fused-ring (bicyclic) bond motifs is 1. The fourth-order valence-electron chi connectivity index (χ4n) is 3.48. The molecule has 6 nitrogen and oxygen atoms in total.